The average Bonchev–Trinajstić information content (AvgIpc) is 3.43. The average molecular weight is 529 g/mol. The van der Waals surface area contributed by atoms with Gasteiger partial charge in [-0.3, -0.25) is 4.84 Å². The molecule has 0 radical (unpaired) electrons. The minimum atomic E-state index is 0.127. The van der Waals surface area contributed by atoms with Gasteiger partial charge in [0.25, 0.3) is 0 Å². The van der Waals surface area contributed by atoms with Crippen LogP contribution < -0.4 is 20.0 Å². The van der Waals surface area contributed by atoms with Gasteiger partial charge in [0.2, 0.25) is 0 Å². The summed E-state index contributed by atoms with van der Waals surface area (Å²) in [6.45, 7) is 5.05. The fourth-order valence-corrected chi connectivity index (χ4v) is 6.57. The van der Waals surface area contributed by atoms with E-state index in [9.17, 15) is 0 Å². The molecule has 2 aliphatic heterocycles. The second-order valence-electron chi connectivity index (χ2n) is 11.6. The van der Waals surface area contributed by atoms with E-state index in [1.165, 1.54) is 42.5 Å². The summed E-state index contributed by atoms with van der Waals surface area (Å²) in [6, 6.07) is 17.6. The SMILES string of the molecule is COc1cc(N2CCC3(CC2)CC(N(C)C)C3)c(C)cc1Nc1cc(N2OCCC2c2ccccc2)ncn1. The molecule has 3 fully saturated rings. The summed E-state index contributed by atoms with van der Waals surface area (Å²) in [5.74, 6) is 2.25. The molecule has 2 aromatic carbocycles. The lowest BCUT2D eigenvalue weighted by atomic mass is 9.60. The third kappa shape index (κ3) is 5.15. The maximum atomic E-state index is 5.99. The zero-order valence-electron chi connectivity index (χ0n) is 23.6. The van der Waals surface area contributed by atoms with Gasteiger partial charge in [0.1, 0.15) is 17.9 Å². The molecule has 1 unspecified atom stereocenters. The van der Waals surface area contributed by atoms with Gasteiger partial charge in [-0.05, 0) is 69.3 Å². The lowest BCUT2D eigenvalue weighted by Gasteiger charge is -2.54. The van der Waals surface area contributed by atoms with Crippen molar-refractivity contribution in [2.75, 3.05) is 56.2 Å². The first kappa shape index (κ1) is 25.9. The zero-order valence-corrected chi connectivity index (χ0v) is 23.6. The lowest BCUT2D eigenvalue weighted by Crippen LogP contribution is -2.53. The van der Waals surface area contributed by atoms with Crippen molar-refractivity contribution in [3.63, 3.8) is 0 Å². The standard InChI is InChI=1S/C31H40N6O2/c1-22-16-25(28(38-4)17-27(22)36-13-11-31(12-14-36)19-24(20-31)35(2)3)34-29-18-30(33-21-32-29)37-26(10-15-39-37)23-8-6-5-7-9-23/h5-9,16-18,21,24,26H,10-15,19-20H2,1-4H3,(H,32,33,34). The topological polar surface area (TPSA) is 66.0 Å². The van der Waals surface area contributed by atoms with Crippen molar-refractivity contribution < 1.29 is 9.57 Å². The number of aryl methyl sites for hydroxylation is 1. The Morgan fingerprint density at radius 1 is 1.05 bits per heavy atom. The minimum absolute atomic E-state index is 0.127. The minimum Gasteiger partial charge on any atom is -0.494 e. The summed E-state index contributed by atoms with van der Waals surface area (Å²) < 4.78 is 5.85. The van der Waals surface area contributed by atoms with E-state index in [-0.39, 0.29) is 6.04 Å². The van der Waals surface area contributed by atoms with Crippen LogP contribution in [0.4, 0.5) is 23.0 Å². The molecule has 1 N–H and O–H groups in total. The van der Waals surface area contributed by atoms with Gasteiger partial charge in [0.15, 0.2) is 5.82 Å². The highest BCUT2D eigenvalue weighted by atomic mass is 16.7. The number of rotatable bonds is 7. The molecule has 0 amide bonds. The smallest absolute Gasteiger partial charge is 0.158 e. The summed E-state index contributed by atoms with van der Waals surface area (Å²) in [7, 11) is 6.15. The maximum Gasteiger partial charge on any atom is 0.158 e. The molecule has 3 aromatic rings. The van der Waals surface area contributed by atoms with Crippen LogP contribution in [0.25, 0.3) is 0 Å². The fraction of sp³-hybridized carbons (Fsp3) is 0.484. The molecule has 206 valence electrons. The largest absolute Gasteiger partial charge is 0.494 e. The van der Waals surface area contributed by atoms with Crippen molar-refractivity contribution >= 4 is 23.0 Å². The van der Waals surface area contributed by atoms with Crippen LogP contribution in [-0.4, -0.2) is 61.8 Å². The number of hydrogen-bond donors (Lipinski definition) is 1. The first-order valence-electron chi connectivity index (χ1n) is 14.1. The van der Waals surface area contributed by atoms with Crippen molar-refractivity contribution in [2.24, 2.45) is 5.41 Å². The Balaban J connectivity index is 1.17. The molecule has 2 saturated heterocycles. The molecule has 39 heavy (non-hydrogen) atoms. The van der Waals surface area contributed by atoms with Crippen LogP contribution in [0.15, 0.2) is 54.9 Å². The number of hydrogen-bond acceptors (Lipinski definition) is 8. The Morgan fingerprint density at radius 3 is 2.54 bits per heavy atom. The number of methoxy groups -OCH3 is 1. The molecular weight excluding hydrogens is 488 g/mol. The van der Waals surface area contributed by atoms with Gasteiger partial charge in [0, 0.05) is 43.4 Å². The van der Waals surface area contributed by atoms with E-state index in [4.69, 9.17) is 9.57 Å². The van der Waals surface area contributed by atoms with Crippen molar-refractivity contribution in [2.45, 2.75) is 51.1 Å². The summed E-state index contributed by atoms with van der Waals surface area (Å²) in [5.41, 5.74) is 5.15. The molecule has 1 saturated carbocycles. The summed E-state index contributed by atoms with van der Waals surface area (Å²) in [4.78, 5) is 19.9. The molecule has 1 aromatic heterocycles. The van der Waals surface area contributed by atoms with Crippen LogP contribution in [0.3, 0.4) is 0 Å². The molecule has 8 heteroatoms. The van der Waals surface area contributed by atoms with Crippen LogP contribution in [0, 0.1) is 12.3 Å². The highest BCUT2D eigenvalue weighted by Gasteiger charge is 2.46. The monoisotopic (exact) mass is 528 g/mol. The van der Waals surface area contributed by atoms with Crippen LogP contribution in [0.1, 0.15) is 49.3 Å². The molecular formula is C31H40N6O2. The van der Waals surface area contributed by atoms with Crippen molar-refractivity contribution in [3.05, 3.63) is 66.0 Å². The summed E-state index contributed by atoms with van der Waals surface area (Å²) in [5, 5.41) is 5.38. The van der Waals surface area contributed by atoms with E-state index in [2.05, 4.69) is 82.5 Å². The van der Waals surface area contributed by atoms with Gasteiger partial charge in [0.05, 0.1) is 25.4 Å². The van der Waals surface area contributed by atoms with E-state index < -0.39 is 0 Å². The van der Waals surface area contributed by atoms with Crippen LogP contribution in [0.2, 0.25) is 0 Å². The van der Waals surface area contributed by atoms with Crippen LogP contribution >= 0.6 is 0 Å². The van der Waals surface area contributed by atoms with E-state index in [0.717, 1.165) is 42.8 Å². The normalized spacial score (nSPS) is 20.9. The number of ether oxygens (including phenoxy) is 1. The predicted molar refractivity (Wildman–Crippen MR) is 156 cm³/mol. The fourth-order valence-electron chi connectivity index (χ4n) is 6.57. The van der Waals surface area contributed by atoms with E-state index in [0.29, 0.717) is 17.8 Å². The van der Waals surface area contributed by atoms with Gasteiger partial charge in [-0.25, -0.2) is 15.0 Å². The number of hydroxylamine groups is 1. The molecule has 1 spiro atoms. The quantitative estimate of drug-likeness (QED) is 0.417. The Kier molecular flexibility index (Phi) is 7.08. The maximum absolute atomic E-state index is 5.99. The number of anilines is 4. The molecule has 0 bridgehead atoms. The summed E-state index contributed by atoms with van der Waals surface area (Å²) in [6.07, 6.45) is 7.72. The molecule has 8 nitrogen and oxygen atoms in total. The Hall–Kier alpha value is -3.36. The second kappa shape index (κ2) is 10.7. The van der Waals surface area contributed by atoms with Gasteiger partial charge in [-0.2, -0.15) is 0 Å². The number of aromatic nitrogens is 2. The second-order valence-corrected chi connectivity index (χ2v) is 11.6. The number of piperidine rings is 1. The first-order chi connectivity index (χ1) is 18.9. The molecule has 3 aliphatic rings. The Morgan fingerprint density at radius 2 is 1.82 bits per heavy atom. The van der Waals surface area contributed by atoms with Crippen LogP contribution in [-0.2, 0) is 4.84 Å². The number of nitrogens with one attached hydrogen (secondary N) is 1. The predicted octanol–water partition coefficient (Wildman–Crippen LogP) is 5.73. The van der Waals surface area contributed by atoms with Crippen molar-refractivity contribution in [3.8, 4) is 5.75 Å². The highest BCUT2D eigenvalue weighted by Crippen LogP contribution is 2.51. The van der Waals surface area contributed by atoms with Crippen molar-refractivity contribution in [1.29, 1.82) is 0 Å². The number of nitrogens with zero attached hydrogens (tertiary/aromatic N) is 5. The summed E-state index contributed by atoms with van der Waals surface area (Å²) >= 11 is 0. The van der Waals surface area contributed by atoms with E-state index in [1.807, 2.05) is 17.2 Å². The third-order valence-corrected chi connectivity index (χ3v) is 8.98. The van der Waals surface area contributed by atoms with E-state index in [1.54, 1.807) is 13.4 Å². The van der Waals surface area contributed by atoms with Gasteiger partial charge in [-0.15, -0.1) is 0 Å². The van der Waals surface area contributed by atoms with E-state index >= 15 is 0 Å². The Bertz CT molecular complexity index is 1280. The molecule has 6 rings (SSSR count). The zero-order chi connectivity index (χ0) is 27.0. The molecule has 1 atom stereocenters. The lowest BCUT2D eigenvalue weighted by molar-refractivity contribution is 0.00488. The van der Waals surface area contributed by atoms with Gasteiger partial charge < -0.3 is 19.9 Å². The van der Waals surface area contributed by atoms with Gasteiger partial charge >= 0.3 is 0 Å². The first-order valence-corrected chi connectivity index (χ1v) is 14.1. The van der Waals surface area contributed by atoms with Gasteiger partial charge in [-0.1, -0.05) is 30.3 Å². The highest BCUT2D eigenvalue weighted by molar-refractivity contribution is 5.72. The molecule has 3 heterocycles. The Labute approximate surface area is 231 Å². The van der Waals surface area contributed by atoms with Crippen molar-refractivity contribution in [1.82, 2.24) is 14.9 Å². The number of benzene rings is 2. The third-order valence-electron chi connectivity index (χ3n) is 8.98. The van der Waals surface area contributed by atoms with Crippen LogP contribution in [0.5, 0.6) is 5.75 Å². The molecule has 1 aliphatic carbocycles.